The Kier molecular flexibility index (Phi) is 4.78. The fourth-order valence-electron chi connectivity index (χ4n) is 4.07. The summed E-state index contributed by atoms with van der Waals surface area (Å²) in [5, 5.41) is 0. The van der Waals surface area contributed by atoms with Gasteiger partial charge in [-0.05, 0) is 44.4 Å². The van der Waals surface area contributed by atoms with Crippen LogP contribution in [0, 0.1) is 5.82 Å². The third kappa shape index (κ3) is 3.27. The van der Waals surface area contributed by atoms with Gasteiger partial charge in [0, 0.05) is 37.4 Å². The molecule has 0 spiro atoms. The molecule has 1 aromatic carbocycles. The van der Waals surface area contributed by atoms with Gasteiger partial charge in [0.15, 0.2) is 0 Å². The Morgan fingerprint density at radius 1 is 1.26 bits per heavy atom. The van der Waals surface area contributed by atoms with Crippen LogP contribution in [0.2, 0.25) is 0 Å². The second-order valence-electron chi connectivity index (χ2n) is 7.11. The van der Waals surface area contributed by atoms with Crippen molar-refractivity contribution in [3.8, 4) is 0 Å². The summed E-state index contributed by atoms with van der Waals surface area (Å²) in [6, 6.07) is 5.92. The maximum Gasteiger partial charge on any atom is 0.256 e. The van der Waals surface area contributed by atoms with Gasteiger partial charge >= 0.3 is 0 Å². The molecule has 1 atom stereocenters. The summed E-state index contributed by atoms with van der Waals surface area (Å²) >= 11 is 0. The first-order valence-electron chi connectivity index (χ1n) is 9.46. The molecule has 3 heterocycles. The number of carbonyl (C=O) groups excluding carboxylic acids is 1. The number of carbonyl (C=O) groups is 1. The Balaban J connectivity index is 1.56. The molecule has 6 nitrogen and oxygen atoms in total. The van der Waals surface area contributed by atoms with Crippen LogP contribution >= 0.6 is 0 Å². The lowest BCUT2D eigenvalue weighted by Crippen LogP contribution is -2.54. The lowest BCUT2D eigenvalue weighted by Gasteiger charge is -2.40. The molecule has 0 aliphatic carbocycles. The number of amides is 1. The normalized spacial score (nSPS) is 20.6. The fourth-order valence-corrected chi connectivity index (χ4v) is 4.07. The van der Waals surface area contributed by atoms with Crippen molar-refractivity contribution in [2.24, 2.45) is 0 Å². The molecule has 1 aromatic heterocycles. The van der Waals surface area contributed by atoms with Crippen molar-refractivity contribution >= 4 is 11.6 Å². The molecule has 0 saturated carbocycles. The van der Waals surface area contributed by atoms with Crippen molar-refractivity contribution in [2.45, 2.75) is 45.3 Å². The minimum atomic E-state index is -0.342. The maximum atomic E-state index is 13.6. The van der Waals surface area contributed by atoms with Crippen molar-refractivity contribution in [3.63, 3.8) is 0 Å². The summed E-state index contributed by atoms with van der Waals surface area (Å²) in [6.07, 6.45) is 3.82. The number of hydrogen-bond donors (Lipinski definition) is 0. The lowest BCUT2D eigenvalue weighted by atomic mass is 9.98. The topological polar surface area (TPSA) is 58.4 Å². The highest BCUT2D eigenvalue weighted by atomic mass is 19.1. The average molecular weight is 370 g/mol. The van der Waals surface area contributed by atoms with Gasteiger partial charge in [-0.3, -0.25) is 19.1 Å². The van der Waals surface area contributed by atoms with Crippen LogP contribution in [0.5, 0.6) is 0 Å². The quantitative estimate of drug-likeness (QED) is 0.829. The summed E-state index contributed by atoms with van der Waals surface area (Å²) in [7, 11) is 0. The first-order chi connectivity index (χ1) is 13.1. The number of halogens is 1. The SMILES string of the molecule is CCn1cnc2c(c1=O)CCN(C1CCCN(c3cccc(F)c3)C1=O)C2. The molecule has 0 radical (unpaired) electrons. The van der Waals surface area contributed by atoms with E-state index in [1.807, 2.05) is 6.92 Å². The summed E-state index contributed by atoms with van der Waals surface area (Å²) in [5.74, 6) is -0.345. The molecule has 1 fully saturated rings. The predicted molar refractivity (Wildman–Crippen MR) is 100 cm³/mol. The van der Waals surface area contributed by atoms with Crippen LogP contribution < -0.4 is 10.5 Å². The van der Waals surface area contributed by atoms with Crippen molar-refractivity contribution in [1.82, 2.24) is 14.5 Å². The molecule has 2 aliphatic heterocycles. The van der Waals surface area contributed by atoms with E-state index >= 15 is 0 Å². The van der Waals surface area contributed by atoms with Crippen LogP contribution in [-0.4, -0.2) is 39.5 Å². The van der Waals surface area contributed by atoms with E-state index in [2.05, 4.69) is 9.88 Å². The molecule has 7 heteroatoms. The Labute approximate surface area is 157 Å². The van der Waals surface area contributed by atoms with E-state index in [0.29, 0.717) is 38.3 Å². The first-order valence-corrected chi connectivity index (χ1v) is 9.46. The van der Waals surface area contributed by atoms with E-state index in [1.54, 1.807) is 27.9 Å². The van der Waals surface area contributed by atoms with Gasteiger partial charge in [0.25, 0.3) is 5.56 Å². The van der Waals surface area contributed by atoms with Gasteiger partial charge in [0.1, 0.15) is 5.82 Å². The number of nitrogens with zero attached hydrogens (tertiary/aromatic N) is 4. The van der Waals surface area contributed by atoms with Crippen LogP contribution in [-0.2, 0) is 24.3 Å². The summed E-state index contributed by atoms with van der Waals surface area (Å²) in [4.78, 5) is 33.8. The molecule has 0 bridgehead atoms. The number of anilines is 1. The fraction of sp³-hybridized carbons (Fsp3) is 0.450. The Hall–Kier alpha value is -2.54. The molecular weight excluding hydrogens is 347 g/mol. The summed E-state index contributed by atoms with van der Waals surface area (Å²) in [6.45, 7) is 4.29. The monoisotopic (exact) mass is 370 g/mol. The minimum absolute atomic E-state index is 0.00259. The Morgan fingerprint density at radius 2 is 2.11 bits per heavy atom. The van der Waals surface area contributed by atoms with Gasteiger partial charge in [-0.2, -0.15) is 0 Å². The zero-order chi connectivity index (χ0) is 19.0. The zero-order valence-corrected chi connectivity index (χ0v) is 15.4. The summed E-state index contributed by atoms with van der Waals surface area (Å²) in [5.41, 5.74) is 2.16. The molecule has 142 valence electrons. The van der Waals surface area contributed by atoms with E-state index in [4.69, 9.17) is 0 Å². The highest BCUT2D eigenvalue weighted by Crippen LogP contribution is 2.27. The average Bonchev–Trinajstić information content (AvgIpc) is 2.68. The second-order valence-corrected chi connectivity index (χ2v) is 7.11. The third-order valence-corrected chi connectivity index (χ3v) is 5.53. The largest absolute Gasteiger partial charge is 0.311 e. The molecule has 1 saturated heterocycles. The molecule has 2 aliphatic rings. The van der Waals surface area contributed by atoms with Gasteiger partial charge in [-0.1, -0.05) is 6.07 Å². The van der Waals surface area contributed by atoms with E-state index in [0.717, 1.165) is 24.1 Å². The third-order valence-electron chi connectivity index (χ3n) is 5.53. The highest BCUT2D eigenvalue weighted by Gasteiger charge is 2.36. The molecule has 1 amide bonds. The smallest absolute Gasteiger partial charge is 0.256 e. The van der Waals surface area contributed by atoms with Crippen LogP contribution in [0.4, 0.5) is 10.1 Å². The minimum Gasteiger partial charge on any atom is -0.311 e. The van der Waals surface area contributed by atoms with Crippen molar-refractivity contribution in [3.05, 3.63) is 58.0 Å². The summed E-state index contributed by atoms with van der Waals surface area (Å²) < 4.78 is 15.2. The van der Waals surface area contributed by atoms with E-state index in [1.165, 1.54) is 12.1 Å². The van der Waals surface area contributed by atoms with Crippen LogP contribution in [0.1, 0.15) is 31.0 Å². The number of piperidine rings is 1. The first kappa shape index (κ1) is 17.9. The second kappa shape index (κ2) is 7.23. The number of rotatable bonds is 3. The van der Waals surface area contributed by atoms with E-state index < -0.39 is 0 Å². The molecule has 2 aromatic rings. The Morgan fingerprint density at radius 3 is 2.89 bits per heavy atom. The van der Waals surface area contributed by atoms with Crippen molar-refractivity contribution in [2.75, 3.05) is 18.0 Å². The van der Waals surface area contributed by atoms with Gasteiger partial charge < -0.3 is 4.90 Å². The Bertz CT molecular complexity index is 926. The van der Waals surface area contributed by atoms with E-state index in [9.17, 15) is 14.0 Å². The highest BCUT2D eigenvalue weighted by molar-refractivity contribution is 5.97. The van der Waals surface area contributed by atoms with Crippen LogP contribution in [0.15, 0.2) is 35.4 Å². The molecular formula is C20H23FN4O2. The predicted octanol–water partition coefficient (Wildman–Crippen LogP) is 1.96. The molecule has 27 heavy (non-hydrogen) atoms. The number of aryl methyl sites for hydroxylation is 1. The number of benzene rings is 1. The van der Waals surface area contributed by atoms with Gasteiger partial charge in [-0.25, -0.2) is 9.37 Å². The number of fused-ring (bicyclic) bond motifs is 1. The lowest BCUT2D eigenvalue weighted by molar-refractivity contribution is -0.125. The molecule has 1 unspecified atom stereocenters. The van der Waals surface area contributed by atoms with E-state index in [-0.39, 0.29) is 23.3 Å². The standard InChI is InChI=1S/C20H23FN4O2/c1-2-23-13-22-17-12-24(10-8-16(17)19(23)26)18-7-4-9-25(20(18)27)15-6-3-5-14(21)11-15/h3,5-6,11,13,18H,2,4,7-10,12H2,1H3. The van der Waals surface area contributed by atoms with Gasteiger partial charge in [-0.15, -0.1) is 0 Å². The van der Waals surface area contributed by atoms with Crippen LogP contribution in [0.3, 0.4) is 0 Å². The number of aromatic nitrogens is 2. The van der Waals surface area contributed by atoms with Crippen LogP contribution in [0.25, 0.3) is 0 Å². The number of hydrogen-bond acceptors (Lipinski definition) is 4. The molecule has 0 N–H and O–H groups in total. The zero-order valence-electron chi connectivity index (χ0n) is 15.4. The van der Waals surface area contributed by atoms with Crippen molar-refractivity contribution in [1.29, 1.82) is 0 Å². The van der Waals surface area contributed by atoms with Crippen molar-refractivity contribution < 1.29 is 9.18 Å². The van der Waals surface area contributed by atoms with Gasteiger partial charge in [0.2, 0.25) is 5.91 Å². The molecule has 4 rings (SSSR count). The van der Waals surface area contributed by atoms with Gasteiger partial charge in [0.05, 0.1) is 18.1 Å². The maximum absolute atomic E-state index is 13.6.